The number of rotatable bonds is 7. The van der Waals surface area contributed by atoms with Crippen molar-refractivity contribution in [2.24, 2.45) is 0 Å². The standard InChI is InChI=1S/C62H39NO2/c1-3-14-40(15-4-1)41-26-28-45(29-27-41)50-38-39-56(60-54-21-10-12-25-58(54)65-62(50)60)63(55-23-13-22-51-47-19-8-7-18-43(47)32-35-52(51)55)46-33-30-44(31-34-46)48-36-37-49(42-16-5-2-6-17-42)61-59(48)53-20-9-11-24-57(53)64-61/h1-39H. The molecule has 0 aliphatic heterocycles. The number of hydrogen-bond acceptors (Lipinski definition) is 3. The molecule has 0 radical (unpaired) electrons. The first-order valence-corrected chi connectivity index (χ1v) is 22.2. The van der Waals surface area contributed by atoms with Gasteiger partial charge >= 0.3 is 0 Å². The molecule has 2 heterocycles. The van der Waals surface area contributed by atoms with E-state index >= 15 is 0 Å². The van der Waals surface area contributed by atoms with Crippen molar-refractivity contribution in [2.75, 3.05) is 4.90 Å². The van der Waals surface area contributed by atoms with Gasteiger partial charge in [-0.1, -0.05) is 188 Å². The van der Waals surface area contributed by atoms with Gasteiger partial charge in [0.1, 0.15) is 22.3 Å². The molecule has 0 fully saturated rings. The van der Waals surface area contributed by atoms with Crippen molar-refractivity contribution in [3.63, 3.8) is 0 Å². The van der Waals surface area contributed by atoms with Crippen LogP contribution in [0.3, 0.4) is 0 Å². The zero-order valence-corrected chi connectivity index (χ0v) is 35.3. The first-order chi connectivity index (χ1) is 32.2. The van der Waals surface area contributed by atoms with E-state index in [2.05, 4.69) is 235 Å². The molecule has 0 unspecified atom stereocenters. The highest BCUT2D eigenvalue weighted by molar-refractivity contribution is 6.20. The van der Waals surface area contributed by atoms with E-state index in [9.17, 15) is 0 Å². The molecule has 304 valence electrons. The third-order valence-electron chi connectivity index (χ3n) is 13.1. The Morgan fingerprint density at radius 3 is 1.48 bits per heavy atom. The summed E-state index contributed by atoms with van der Waals surface area (Å²) in [4.78, 5) is 2.43. The van der Waals surface area contributed by atoms with Crippen molar-refractivity contribution < 1.29 is 8.83 Å². The predicted octanol–water partition coefficient (Wildman–Crippen LogP) is 17.9. The van der Waals surface area contributed by atoms with Crippen molar-refractivity contribution in [1.82, 2.24) is 0 Å². The Balaban J connectivity index is 1.02. The Bertz CT molecular complexity index is 3920. The van der Waals surface area contributed by atoms with Gasteiger partial charge in [0.25, 0.3) is 0 Å². The molecule has 0 amide bonds. The monoisotopic (exact) mass is 829 g/mol. The largest absolute Gasteiger partial charge is 0.455 e. The van der Waals surface area contributed by atoms with Crippen molar-refractivity contribution in [2.45, 2.75) is 0 Å². The van der Waals surface area contributed by atoms with E-state index < -0.39 is 0 Å². The number of anilines is 3. The Morgan fingerprint density at radius 1 is 0.262 bits per heavy atom. The van der Waals surface area contributed by atoms with Crippen LogP contribution in [0, 0.1) is 0 Å². The fourth-order valence-electron chi connectivity index (χ4n) is 10.0. The molecule has 0 aliphatic rings. The lowest BCUT2D eigenvalue weighted by Crippen LogP contribution is -2.11. The quantitative estimate of drug-likeness (QED) is 0.150. The molecule has 0 saturated carbocycles. The Morgan fingerprint density at radius 2 is 0.754 bits per heavy atom. The van der Waals surface area contributed by atoms with Crippen LogP contribution in [-0.2, 0) is 0 Å². The molecule has 0 spiro atoms. The van der Waals surface area contributed by atoms with Crippen LogP contribution in [0.15, 0.2) is 245 Å². The lowest BCUT2D eigenvalue weighted by molar-refractivity contribution is 0.669. The van der Waals surface area contributed by atoms with Gasteiger partial charge in [-0.05, 0) is 98.1 Å². The molecule has 2 aromatic heterocycles. The first-order valence-electron chi connectivity index (χ1n) is 22.2. The molecule has 0 N–H and O–H groups in total. The summed E-state index contributed by atoms with van der Waals surface area (Å²) in [5.41, 5.74) is 15.6. The topological polar surface area (TPSA) is 29.5 Å². The maximum absolute atomic E-state index is 6.91. The van der Waals surface area contributed by atoms with Gasteiger partial charge in [0.2, 0.25) is 0 Å². The third-order valence-corrected chi connectivity index (χ3v) is 13.1. The summed E-state index contributed by atoms with van der Waals surface area (Å²) in [6.07, 6.45) is 0. The zero-order valence-electron chi connectivity index (χ0n) is 35.3. The zero-order chi connectivity index (χ0) is 42.8. The van der Waals surface area contributed by atoms with E-state index in [-0.39, 0.29) is 0 Å². The Labute approximate surface area is 375 Å². The smallest absolute Gasteiger partial charge is 0.145 e. The van der Waals surface area contributed by atoms with Gasteiger partial charge < -0.3 is 13.7 Å². The van der Waals surface area contributed by atoms with E-state index in [1.165, 1.54) is 32.7 Å². The number of para-hydroxylation sites is 2. The van der Waals surface area contributed by atoms with Crippen LogP contribution in [0.5, 0.6) is 0 Å². The summed E-state index contributed by atoms with van der Waals surface area (Å²) in [6, 6.07) is 84.5. The molecule has 13 aromatic rings. The SMILES string of the molecule is c1ccc(-c2ccc(-c3ccc(N(c4ccc(-c5ccc(-c6ccccc6)c6oc7ccccc7c56)cc4)c4cccc5c4ccc4ccccc45)c4c3oc3ccccc34)cc2)cc1. The fourth-order valence-corrected chi connectivity index (χ4v) is 10.0. The highest BCUT2D eigenvalue weighted by Crippen LogP contribution is 2.49. The van der Waals surface area contributed by atoms with E-state index in [4.69, 9.17) is 8.83 Å². The second-order valence-corrected chi connectivity index (χ2v) is 16.7. The highest BCUT2D eigenvalue weighted by atomic mass is 16.3. The number of benzene rings is 11. The number of fused-ring (bicyclic) bond motifs is 9. The summed E-state index contributed by atoms with van der Waals surface area (Å²) < 4.78 is 13.6. The maximum Gasteiger partial charge on any atom is 0.145 e. The van der Waals surface area contributed by atoms with Gasteiger partial charge in [0.15, 0.2) is 0 Å². The van der Waals surface area contributed by atoms with Crippen LogP contribution < -0.4 is 4.90 Å². The minimum Gasteiger partial charge on any atom is -0.455 e. The molecule has 13 rings (SSSR count). The summed E-state index contributed by atoms with van der Waals surface area (Å²) in [5, 5.41) is 9.18. The van der Waals surface area contributed by atoms with Gasteiger partial charge in [-0.2, -0.15) is 0 Å². The third kappa shape index (κ3) is 6.05. The van der Waals surface area contributed by atoms with Gasteiger partial charge in [-0.25, -0.2) is 0 Å². The fraction of sp³-hybridized carbons (Fsp3) is 0. The molecular weight excluding hydrogens is 791 g/mol. The minimum atomic E-state index is 0.853. The van der Waals surface area contributed by atoms with Crippen LogP contribution in [-0.4, -0.2) is 0 Å². The minimum absolute atomic E-state index is 0.853. The van der Waals surface area contributed by atoms with Gasteiger partial charge in [0.05, 0.1) is 16.8 Å². The summed E-state index contributed by atoms with van der Waals surface area (Å²) >= 11 is 0. The lowest BCUT2D eigenvalue weighted by Gasteiger charge is -2.28. The normalized spacial score (nSPS) is 11.7. The maximum atomic E-state index is 6.91. The number of furan rings is 2. The molecule has 3 heteroatoms. The molecule has 0 bridgehead atoms. The van der Waals surface area contributed by atoms with Gasteiger partial charge in [-0.3, -0.25) is 0 Å². The van der Waals surface area contributed by atoms with E-state index in [0.29, 0.717) is 0 Å². The van der Waals surface area contributed by atoms with Crippen LogP contribution >= 0.6 is 0 Å². The second-order valence-electron chi connectivity index (χ2n) is 16.7. The van der Waals surface area contributed by atoms with E-state index in [0.717, 1.165) is 94.3 Å². The van der Waals surface area contributed by atoms with Crippen LogP contribution in [0.1, 0.15) is 0 Å². The highest BCUT2D eigenvalue weighted by Gasteiger charge is 2.24. The molecule has 11 aromatic carbocycles. The molecular formula is C62H39NO2. The molecule has 65 heavy (non-hydrogen) atoms. The predicted molar refractivity (Wildman–Crippen MR) is 272 cm³/mol. The Hall–Kier alpha value is -8.66. The summed E-state index contributed by atoms with van der Waals surface area (Å²) in [5.74, 6) is 0. The summed E-state index contributed by atoms with van der Waals surface area (Å²) in [6.45, 7) is 0. The summed E-state index contributed by atoms with van der Waals surface area (Å²) in [7, 11) is 0. The van der Waals surface area contributed by atoms with E-state index in [1.807, 2.05) is 6.07 Å². The first kappa shape index (κ1) is 36.9. The average Bonchev–Trinajstić information content (AvgIpc) is 3.97. The van der Waals surface area contributed by atoms with Gasteiger partial charge in [0, 0.05) is 38.4 Å². The van der Waals surface area contributed by atoms with Crippen LogP contribution in [0.4, 0.5) is 17.1 Å². The van der Waals surface area contributed by atoms with Crippen molar-refractivity contribution in [3.8, 4) is 44.5 Å². The molecule has 0 saturated heterocycles. The van der Waals surface area contributed by atoms with Crippen LogP contribution in [0.25, 0.3) is 110 Å². The molecule has 3 nitrogen and oxygen atoms in total. The van der Waals surface area contributed by atoms with E-state index in [1.54, 1.807) is 0 Å². The van der Waals surface area contributed by atoms with Crippen molar-refractivity contribution in [3.05, 3.63) is 237 Å². The average molecular weight is 830 g/mol. The number of nitrogens with zero attached hydrogens (tertiary/aromatic N) is 1. The van der Waals surface area contributed by atoms with Crippen molar-refractivity contribution in [1.29, 1.82) is 0 Å². The number of hydrogen-bond donors (Lipinski definition) is 0. The van der Waals surface area contributed by atoms with Crippen molar-refractivity contribution >= 4 is 82.5 Å². The van der Waals surface area contributed by atoms with Gasteiger partial charge in [-0.15, -0.1) is 0 Å². The lowest BCUT2D eigenvalue weighted by atomic mass is 9.94. The second kappa shape index (κ2) is 15.0. The Kier molecular flexibility index (Phi) is 8.53. The molecule has 0 atom stereocenters. The molecule has 0 aliphatic carbocycles. The van der Waals surface area contributed by atoms with Crippen LogP contribution in [0.2, 0.25) is 0 Å².